The maximum atomic E-state index is 13.0. The summed E-state index contributed by atoms with van der Waals surface area (Å²) in [7, 11) is -9.96. The molecule has 2 aromatic rings. The maximum Gasteiger partial charge on any atom is 0.310 e. The van der Waals surface area contributed by atoms with Gasteiger partial charge in [0.05, 0.1) is 10.0 Å². The van der Waals surface area contributed by atoms with Crippen molar-refractivity contribution in [2.75, 3.05) is 0 Å². The third-order valence-corrected chi connectivity index (χ3v) is 6.25. The van der Waals surface area contributed by atoms with Gasteiger partial charge in [0.15, 0.2) is 5.69 Å². The van der Waals surface area contributed by atoms with Gasteiger partial charge in [-0.3, -0.25) is 0 Å². The van der Waals surface area contributed by atoms with Gasteiger partial charge >= 0.3 is 10.2 Å². The number of aromatic nitrogens is 2. The smallest absolute Gasteiger partial charge is 0.236 e. The number of nitrogens with zero attached hydrogens (tertiary/aromatic N) is 3. The van der Waals surface area contributed by atoms with Crippen molar-refractivity contribution in [3.63, 3.8) is 0 Å². The predicted octanol–water partition coefficient (Wildman–Crippen LogP) is 7.37. The molecule has 13 heteroatoms. The van der Waals surface area contributed by atoms with E-state index in [1.807, 2.05) is 0 Å². The minimum atomic E-state index is -9.96. The van der Waals surface area contributed by atoms with Gasteiger partial charge in [0, 0.05) is 17.7 Å². The van der Waals surface area contributed by atoms with E-state index in [1.165, 1.54) is 6.20 Å². The lowest BCUT2D eigenvalue weighted by Crippen LogP contribution is -2.07. The van der Waals surface area contributed by atoms with Crippen LogP contribution >= 0.6 is 56.6 Å². The molecule has 0 bridgehead atoms. The zero-order valence-corrected chi connectivity index (χ0v) is 16.0. The Morgan fingerprint density at radius 1 is 1.15 bits per heavy atom. The van der Waals surface area contributed by atoms with E-state index in [1.54, 1.807) is 6.07 Å². The highest BCUT2D eigenvalue weighted by Crippen LogP contribution is 3.02. The van der Waals surface area contributed by atoms with Crippen molar-refractivity contribution in [1.29, 1.82) is 5.26 Å². The van der Waals surface area contributed by atoms with Crippen LogP contribution in [0.25, 0.3) is 5.69 Å². The van der Waals surface area contributed by atoms with E-state index in [-0.39, 0.29) is 23.5 Å². The molecule has 26 heavy (non-hydrogen) atoms. The second kappa shape index (κ2) is 5.11. The average molecular weight is 473 g/mol. The molecule has 142 valence electrons. The van der Waals surface area contributed by atoms with Gasteiger partial charge in [-0.2, -0.15) is 10.4 Å². The van der Waals surface area contributed by atoms with Crippen LogP contribution in [0.3, 0.4) is 0 Å². The molecule has 0 spiro atoms. The van der Waals surface area contributed by atoms with Crippen LogP contribution in [-0.2, 0) is 0 Å². The Labute approximate surface area is 163 Å². The van der Waals surface area contributed by atoms with Crippen molar-refractivity contribution >= 4 is 56.6 Å². The second-order valence-corrected chi connectivity index (χ2v) is 10.5. The molecule has 3 rings (SSSR count). The Hall–Kier alpha value is -0.920. The quantitative estimate of drug-likeness (QED) is 0.345. The first-order valence-electron chi connectivity index (χ1n) is 6.64. The normalized spacial score (nSPS) is 21.6. The molecule has 1 aromatic carbocycles. The van der Waals surface area contributed by atoms with Gasteiger partial charge in [-0.15, -0.1) is 23.2 Å². The number of halogens is 9. The van der Waals surface area contributed by atoms with Crippen molar-refractivity contribution in [3.05, 3.63) is 39.6 Å². The number of rotatable bonds is 3. The largest absolute Gasteiger partial charge is 0.310 e. The fourth-order valence-corrected chi connectivity index (χ4v) is 4.39. The van der Waals surface area contributed by atoms with Crippen molar-refractivity contribution in [1.82, 2.24) is 9.78 Å². The molecule has 1 unspecified atom stereocenters. The van der Waals surface area contributed by atoms with Crippen LogP contribution in [0, 0.1) is 11.3 Å². The summed E-state index contributed by atoms with van der Waals surface area (Å²) in [6, 6.07) is 1.95. The average Bonchev–Trinajstić information content (AvgIpc) is 2.89. The van der Waals surface area contributed by atoms with E-state index in [2.05, 4.69) is 5.10 Å². The summed E-state index contributed by atoms with van der Waals surface area (Å²) in [5.74, 6) is -0.407. The zero-order chi connectivity index (χ0) is 19.8. The van der Waals surface area contributed by atoms with Crippen LogP contribution in [0.5, 0.6) is 0 Å². The van der Waals surface area contributed by atoms with Gasteiger partial charge < -0.3 is 0 Å². The highest BCUT2D eigenvalue weighted by molar-refractivity contribution is 8.45. The van der Waals surface area contributed by atoms with Crippen LogP contribution < -0.4 is 0 Å². The number of nitriles is 1. The van der Waals surface area contributed by atoms with Crippen molar-refractivity contribution < 1.29 is 19.4 Å². The molecule has 1 saturated carbocycles. The van der Waals surface area contributed by atoms with Crippen LogP contribution in [0.1, 0.15) is 23.6 Å². The summed E-state index contributed by atoms with van der Waals surface area (Å²) in [6.07, 6.45) is 1.63. The van der Waals surface area contributed by atoms with Gasteiger partial charge in [0.1, 0.15) is 21.0 Å². The van der Waals surface area contributed by atoms with E-state index >= 15 is 0 Å². The Morgan fingerprint density at radius 2 is 1.65 bits per heavy atom. The Morgan fingerprint density at radius 3 is 2.04 bits per heavy atom. The lowest BCUT2D eigenvalue weighted by atomic mass is 10.2. The molecule has 0 saturated heterocycles. The molecule has 0 radical (unpaired) electrons. The summed E-state index contributed by atoms with van der Waals surface area (Å²) in [6.45, 7) is 0. The van der Waals surface area contributed by atoms with Crippen LogP contribution in [0.15, 0.2) is 23.2 Å². The van der Waals surface area contributed by atoms with Crippen LogP contribution in [0.4, 0.5) is 19.4 Å². The molecule has 0 N–H and O–H groups in total. The number of hydrogen-bond donors (Lipinski definition) is 0. The zero-order valence-electron chi connectivity index (χ0n) is 12.2. The standard InChI is InChI=1S/C13H6Cl4F5N3S/c14-9-1-6(26(18,19,20,21)22)2-10(15)12(9)25-5-7(11(4-23)24-25)8-3-13(8,16)17/h1-2,5,8H,3H2. The molecule has 3 nitrogen and oxygen atoms in total. The first-order valence-corrected chi connectivity index (χ1v) is 10.1. The molecule has 1 fully saturated rings. The van der Waals surface area contributed by atoms with Gasteiger partial charge in [-0.1, -0.05) is 42.6 Å². The molecule has 1 heterocycles. The van der Waals surface area contributed by atoms with Crippen molar-refractivity contribution in [2.45, 2.75) is 21.6 Å². The summed E-state index contributed by atoms with van der Waals surface area (Å²) in [5.41, 5.74) is -0.0133. The minimum absolute atomic E-state index is 0.0717. The number of hydrogen-bond acceptors (Lipinski definition) is 2. The lowest BCUT2D eigenvalue weighted by molar-refractivity contribution is 0.364. The van der Waals surface area contributed by atoms with Gasteiger partial charge in [-0.05, 0) is 18.6 Å². The third kappa shape index (κ3) is 3.58. The van der Waals surface area contributed by atoms with E-state index in [0.717, 1.165) is 4.68 Å². The fraction of sp³-hybridized carbons (Fsp3) is 0.231. The van der Waals surface area contributed by atoms with E-state index in [4.69, 9.17) is 51.7 Å². The molecule has 1 aliphatic rings. The van der Waals surface area contributed by atoms with Crippen LogP contribution in [0.2, 0.25) is 10.0 Å². The van der Waals surface area contributed by atoms with E-state index in [9.17, 15) is 19.4 Å². The van der Waals surface area contributed by atoms with Gasteiger partial charge in [0.2, 0.25) is 0 Å². The molecule has 0 amide bonds. The van der Waals surface area contributed by atoms with Crippen molar-refractivity contribution in [3.8, 4) is 11.8 Å². The maximum absolute atomic E-state index is 13.0. The first-order chi connectivity index (χ1) is 11.5. The second-order valence-electron chi connectivity index (χ2n) is 5.71. The number of alkyl halides is 2. The summed E-state index contributed by atoms with van der Waals surface area (Å²) in [4.78, 5) is -2.22. The highest BCUT2D eigenvalue weighted by atomic mass is 35.5. The lowest BCUT2D eigenvalue weighted by Gasteiger charge is -2.40. The van der Waals surface area contributed by atoms with Gasteiger partial charge in [-0.25, -0.2) is 4.68 Å². The predicted molar refractivity (Wildman–Crippen MR) is 91.5 cm³/mol. The minimum Gasteiger partial charge on any atom is -0.236 e. The van der Waals surface area contributed by atoms with E-state index in [0.29, 0.717) is 12.0 Å². The third-order valence-electron chi connectivity index (χ3n) is 3.71. The summed E-state index contributed by atoms with van der Waals surface area (Å²) < 4.78 is 64.6. The first kappa shape index (κ1) is 19.8. The Kier molecular flexibility index (Phi) is 3.90. The fourth-order valence-electron chi connectivity index (χ4n) is 2.38. The molecule has 1 aliphatic carbocycles. The monoisotopic (exact) mass is 471 g/mol. The Bertz CT molecular complexity index is 958. The van der Waals surface area contributed by atoms with Gasteiger partial charge in [0.25, 0.3) is 0 Å². The van der Waals surface area contributed by atoms with Crippen LogP contribution in [-0.4, -0.2) is 14.1 Å². The highest BCUT2D eigenvalue weighted by Gasteiger charge is 2.65. The van der Waals surface area contributed by atoms with E-state index < -0.39 is 35.4 Å². The molecule has 0 aliphatic heterocycles. The van der Waals surface area contributed by atoms with Crippen molar-refractivity contribution in [2.24, 2.45) is 0 Å². The summed E-state index contributed by atoms with van der Waals surface area (Å²) >= 11 is 23.4. The summed E-state index contributed by atoms with van der Waals surface area (Å²) in [5, 5.41) is 11.6. The number of benzene rings is 1. The SMILES string of the molecule is N#Cc1nn(-c2c(Cl)cc(S(F)(F)(F)(F)F)cc2Cl)cc1C1CC1(Cl)Cl. The Balaban J connectivity index is 2.14. The molecular formula is C13H6Cl4F5N3S. The molecular weight excluding hydrogens is 467 g/mol. The molecule has 1 aromatic heterocycles. The topological polar surface area (TPSA) is 41.6 Å². The molecule has 1 atom stereocenters.